The van der Waals surface area contributed by atoms with Gasteiger partial charge in [0.2, 0.25) is 0 Å². The first-order valence-electron chi connectivity index (χ1n) is 6.62. The van der Waals surface area contributed by atoms with Gasteiger partial charge in [0.15, 0.2) is 0 Å². The van der Waals surface area contributed by atoms with E-state index >= 15 is 0 Å². The first-order chi connectivity index (χ1) is 10.3. The first kappa shape index (κ1) is 13.3. The van der Waals surface area contributed by atoms with Crippen LogP contribution in [0, 0.1) is 0 Å². The number of nitrogens with one attached hydrogen (secondary N) is 1. The number of nitrogens with two attached hydrogens (primary N) is 1. The summed E-state index contributed by atoms with van der Waals surface area (Å²) in [6, 6.07) is 13.6. The van der Waals surface area contributed by atoms with Crippen LogP contribution in [-0.2, 0) is 11.3 Å². The van der Waals surface area contributed by atoms with Gasteiger partial charge in [0.25, 0.3) is 0 Å². The quantitative estimate of drug-likeness (QED) is 0.718. The van der Waals surface area contributed by atoms with E-state index in [0.717, 1.165) is 28.0 Å². The largest absolute Gasteiger partial charge is 0.399 e. The summed E-state index contributed by atoms with van der Waals surface area (Å²) in [5.41, 5.74) is 9.34. The van der Waals surface area contributed by atoms with Crippen molar-refractivity contribution in [2.24, 2.45) is 0 Å². The van der Waals surface area contributed by atoms with Crippen LogP contribution in [0.25, 0.3) is 10.9 Å². The molecule has 5 nitrogen and oxygen atoms in total. The Bertz CT molecular complexity index is 773. The Hall–Kier alpha value is -2.66. The number of aromatic nitrogens is 2. The molecule has 0 spiro atoms. The van der Waals surface area contributed by atoms with Gasteiger partial charge in [0.1, 0.15) is 12.1 Å². The maximum absolute atomic E-state index is 5.79. The van der Waals surface area contributed by atoms with Crippen molar-refractivity contribution in [3.63, 3.8) is 0 Å². The van der Waals surface area contributed by atoms with E-state index in [4.69, 9.17) is 10.5 Å². The third-order valence-electron chi connectivity index (χ3n) is 3.23. The number of para-hydroxylation sites is 1. The molecule has 0 saturated carbocycles. The minimum absolute atomic E-state index is 0.541. The highest BCUT2D eigenvalue weighted by Gasteiger charge is 2.07. The van der Waals surface area contributed by atoms with Crippen LogP contribution < -0.4 is 11.1 Å². The summed E-state index contributed by atoms with van der Waals surface area (Å²) >= 11 is 0. The zero-order chi connectivity index (χ0) is 14.7. The Labute approximate surface area is 122 Å². The van der Waals surface area contributed by atoms with Crippen LogP contribution in [0.1, 0.15) is 5.56 Å². The average molecular weight is 280 g/mol. The first-order valence-corrected chi connectivity index (χ1v) is 6.62. The molecule has 0 amide bonds. The zero-order valence-corrected chi connectivity index (χ0v) is 11.7. The number of hydrogen-bond acceptors (Lipinski definition) is 5. The van der Waals surface area contributed by atoms with Crippen molar-refractivity contribution in [1.29, 1.82) is 0 Å². The Kier molecular flexibility index (Phi) is 3.66. The number of hydrogen-bond donors (Lipinski definition) is 2. The van der Waals surface area contributed by atoms with Crippen molar-refractivity contribution in [3.8, 4) is 0 Å². The van der Waals surface area contributed by atoms with E-state index in [-0.39, 0.29) is 0 Å². The SMILES string of the molecule is COCc1ccccc1Nc1ncnc2cc(N)ccc12. The maximum atomic E-state index is 5.79. The van der Waals surface area contributed by atoms with Gasteiger partial charge in [0, 0.05) is 29.4 Å². The third kappa shape index (κ3) is 2.78. The van der Waals surface area contributed by atoms with E-state index in [2.05, 4.69) is 15.3 Å². The highest BCUT2D eigenvalue weighted by molar-refractivity contribution is 5.92. The second kappa shape index (κ2) is 5.76. The van der Waals surface area contributed by atoms with Crippen molar-refractivity contribution >= 4 is 28.1 Å². The number of ether oxygens (including phenoxy) is 1. The fourth-order valence-electron chi connectivity index (χ4n) is 2.22. The van der Waals surface area contributed by atoms with Crippen molar-refractivity contribution < 1.29 is 4.74 Å². The van der Waals surface area contributed by atoms with E-state index in [9.17, 15) is 0 Å². The van der Waals surface area contributed by atoms with Crippen LogP contribution in [-0.4, -0.2) is 17.1 Å². The van der Waals surface area contributed by atoms with E-state index < -0.39 is 0 Å². The van der Waals surface area contributed by atoms with Crippen molar-refractivity contribution in [3.05, 3.63) is 54.4 Å². The van der Waals surface area contributed by atoms with Crippen molar-refractivity contribution in [1.82, 2.24) is 9.97 Å². The molecule has 1 heterocycles. The molecule has 2 aromatic carbocycles. The molecule has 0 radical (unpaired) electrons. The lowest BCUT2D eigenvalue weighted by atomic mass is 10.1. The molecule has 3 N–H and O–H groups in total. The van der Waals surface area contributed by atoms with E-state index in [1.165, 1.54) is 6.33 Å². The van der Waals surface area contributed by atoms with Crippen LogP contribution >= 0.6 is 0 Å². The number of nitrogen functional groups attached to an aromatic ring is 1. The van der Waals surface area contributed by atoms with Gasteiger partial charge in [-0.15, -0.1) is 0 Å². The van der Waals surface area contributed by atoms with E-state index in [1.807, 2.05) is 42.5 Å². The number of methoxy groups -OCH3 is 1. The second-order valence-electron chi connectivity index (χ2n) is 4.71. The summed E-state index contributed by atoms with van der Waals surface area (Å²) in [4.78, 5) is 8.58. The summed E-state index contributed by atoms with van der Waals surface area (Å²) < 4.78 is 5.22. The lowest BCUT2D eigenvalue weighted by Crippen LogP contribution is -2.00. The molecule has 0 saturated heterocycles. The number of fused-ring (bicyclic) bond motifs is 1. The normalized spacial score (nSPS) is 10.7. The van der Waals surface area contributed by atoms with Gasteiger partial charge in [-0.2, -0.15) is 0 Å². The maximum Gasteiger partial charge on any atom is 0.141 e. The van der Waals surface area contributed by atoms with Crippen LogP contribution in [0.2, 0.25) is 0 Å². The summed E-state index contributed by atoms with van der Waals surface area (Å²) in [6.45, 7) is 0.541. The second-order valence-corrected chi connectivity index (χ2v) is 4.71. The lowest BCUT2D eigenvalue weighted by Gasteiger charge is -2.12. The van der Waals surface area contributed by atoms with Crippen LogP contribution in [0.4, 0.5) is 17.2 Å². The highest BCUT2D eigenvalue weighted by Crippen LogP contribution is 2.26. The predicted octanol–water partition coefficient (Wildman–Crippen LogP) is 3.10. The molecule has 0 aliphatic carbocycles. The smallest absolute Gasteiger partial charge is 0.141 e. The van der Waals surface area contributed by atoms with Gasteiger partial charge in [-0.3, -0.25) is 0 Å². The molecule has 5 heteroatoms. The third-order valence-corrected chi connectivity index (χ3v) is 3.23. The number of rotatable bonds is 4. The molecule has 0 unspecified atom stereocenters. The number of benzene rings is 2. The molecule has 1 aromatic heterocycles. The van der Waals surface area contributed by atoms with E-state index in [1.54, 1.807) is 7.11 Å². The van der Waals surface area contributed by atoms with Gasteiger partial charge in [0.05, 0.1) is 12.1 Å². The topological polar surface area (TPSA) is 73.1 Å². The molecule has 0 bridgehead atoms. The van der Waals surface area contributed by atoms with Crippen LogP contribution in [0.3, 0.4) is 0 Å². The highest BCUT2D eigenvalue weighted by atomic mass is 16.5. The van der Waals surface area contributed by atoms with Crippen LogP contribution in [0.5, 0.6) is 0 Å². The Morgan fingerprint density at radius 2 is 2.00 bits per heavy atom. The molecule has 0 fully saturated rings. The number of nitrogens with zero attached hydrogens (tertiary/aromatic N) is 2. The fraction of sp³-hybridized carbons (Fsp3) is 0.125. The van der Waals surface area contributed by atoms with Crippen molar-refractivity contribution in [2.45, 2.75) is 6.61 Å². The minimum Gasteiger partial charge on any atom is -0.399 e. The average Bonchev–Trinajstić information content (AvgIpc) is 2.49. The molecule has 0 atom stereocenters. The molecule has 0 aliphatic rings. The van der Waals surface area contributed by atoms with Gasteiger partial charge < -0.3 is 15.8 Å². The number of anilines is 3. The Balaban J connectivity index is 2.02. The van der Waals surface area contributed by atoms with Gasteiger partial charge in [-0.1, -0.05) is 18.2 Å². The summed E-state index contributed by atoms with van der Waals surface area (Å²) in [5.74, 6) is 0.753. The van der Waals surface area contributed by atoms with Gasteiger partial charge in [-0.05, 0) is 24.3 Å². The van der Waals surface area contributed by atoms with Gasteiger partial charge >= 0.3 is 0 Å². The zero-order valence-electron chi connectivity index (χ0n) is 11.7. The van der Waals surface area contributed by atoms with Gasteiger partial charge in [-0.25, -0.2) is 9.97 Å². The van der Waals surface area contributed by atoms with E-state index in [0.29, 0.717) is 12.3 Å². The standard InChI is InChI=1S/C16H16N4O/c1-21-9-11-4-2-3-5-14(11)20-16-13-7-6-12(17)8-15(13)18-10-19-16/h2-8,10H,9,17H2,1H3,(H,18,19,20). The molecule has 106 valence electrons. The van der Waals surface area contributed by atoms with Crippen LogP contribution in [0.15, 0.2) is 48.8 Å². The monoisotopic (exact) mass is 280 g/mol. The summed E-state index contributed by atoms with van der Waals surface area (Å²) in [6.07, 6.45) is 1.53. The molecule has 0 aliphatic heterocycles. The molecule has 21 heavy (non-hydrogen) atoms. The summed E-state index contributed by atoms with van der Waals surface area (Å²) in [5, 5.41) is 4.28. The molecular weight excluding hydrogens is 264 g/mol. The fourth-order valence-corrected chi connectivity index (χ4v) is 2.22. The molecular formula is C16H16N4O. The molecule has 3 rings (SSSR count). The summed E-state index contributed by atoms with van der Waals surface area (Å²) in [7, 11) is 1.68. The molecule has 3 aromatic rings. The lowest BCUT2D eigenvalue weighted by molar-refractivity contribution is 0.185. The minimum atomic E-state index is 0.541. The predicted molar refractivity (Wildman–Crippen MR) is 84.4 cm³/mol. The van der Waals surface area contributed by atoms with Crippen molar-refractivity contribution in [2.75, 3.05) is 18.2 Å². The Morgan fingerprint density at radius 1 is 1.14 bits per heavy atom. The Morgan fingerprint density at radius 3 is 2.86 bits per heavy atom.